The van der Waals surface area contributed by atoms with Crippen molar-refractivity contribution in [3.05, 3.63) is 58.9 Å². The first kappa shape index (κ1) is 13.9. The smallest absolute Gasteiger partial charge is 0.257 e. The number of anilines is 2. The third kappa shape index (κ3) is 2.74. The van der Waals surface area contributed by atoms with Crippen LogP contribution in [0.3, 0.4) is 0 Å². The van der Waals surface area contributed by atoms with E-state index in [4.69, 9.17) is 5.73 Å². The van der Waals surface area contributed by atoms with E-state index in [9.17, 15) is 18.0 Å². The maximum Gasteiger partial charge on any atom is 0.257 e. The molecule has 0 saturated carbocycles. The zero-order valence-electron chi connectivity index (χ0n) is 10.5. The van der Waals surface area contributed by atoms with E-state index in [1.54, 1.807) is 13.0 Å². The Morgan fingerprint density at radius 1 is 1.15 bits per heavy atom. The number of rotatable bonds is 2. The summed E-state index contributed by atoms with van der Waals surface area (Å²) in [6, 6.07) is 5.81. The molecular formula is C14H11F3N2O. The highest BCUT2D eigenvalue weighted by atomic mass is 19.2. The molecule has 0 fully saturated rings. The predicted molar refractivity (Wildman–Crippen MR) is 69.9 cm³/mol. The quantitative estimate of drug-likeness (QED) is 0.655. The summed E-state index contributed by atoms with van der Waals surface area (Å²) < 4.78 is 39.5. The molecule has 3 N–H and O–H groups in total. The van der Waals surface area contributed by atoms with E-state index in [1.807, 2.05) is 0 Å². The van der Waals surface area contributed by atoms with Crippen LogP contribution in [-0.4, -0.2) is 5.91 Å². The molecule has 2 rings (SSSR count). The van der Waals surface area contributed by atoms with Gasteiger partial charge in [-0.3, -0.25) is 4.79 Å². The minimum Gasteiger partial charge on any atom is -0.398 e. The van der Waals surface area contributed by atoms with Crippen molar-refractivity contribution in [1.82, 2.24) is 0 Å². The van der Waals surface area contributed by atoms with Crippen LogP contribution in [0.5, 0.6) is 0 Å². The summed E-state index contributed by atoms with van der Waals surface area (Å²) in [4.78, 5) is 12.0. The molecule has 0 bridgehead atoms. The summed E-state index contributed by atoms with van der Waals surface area (Å²) in [7, 11) is 0. The van der Waals surface area contributed by atoms with Crippen LogP contribution < -0.4 is 11.1 Å². The first-order valence-corrected chi connectivity index (χ1v) is 5.70. The van der Waals surface area contributed by atoms with Crippen molar-refractivity contribution in [3.8, 4) is 0 Å². The Hall–Kier alpha value is -2.50. The lowest BCUT2D eigenvalue weighted by Crippen LogP contribution is -2.15. The molecular weight excluding hydrogens is 269 g/mol. The summed E-state index contributed by atoms with van der Waals surface area (Å²) in [5.74, 6) is -4.44. The van der Waals surface area contributed by atoms with Gasteiger partial charge in [0.05, 0.1) is 11.3 Å². The highest BCUT2D eigenvalue weighted by molar-refractivity contribution is 6.07. The van der Waals surface area contributed by atoms with Gasteiger partial charge < -0.3 is 11.1 Å². The Labute approximate surface area is 113 Å². The van der Waals surface area contributed by atoms with Crippen LogP contribution in [0.2, 0.25) is 0 Å². The van der Waals surface area contributed by atoms with Gasteiger partial charge in [-0.05, 0) is 19.1 Å². The minimum absolute atomic E-state index is 0.106. The van der Waals surface area contributed by atoms with E-state index in [0.717, 1.165) is 5.56 Å². The molecule has 0 spiro atoms. The maximum atomic E-state index is 13.4. The van der Waals surface area contributed by atoms with Crippen LogP contribution in [0, 0.1) is 24.4 Å². The molecule has 0 aliphatic rings. The van der Waals surface area contributed by atoms with Gasteiger partial charge in [0.15, 0.2) is 11.6 Å². The second kappa shape index (κ2) is 5.24. The Morgan fingerprint density at radius 2 is 1.85 bits per heavy atom. The molecule has 3 nitrogen and oxygen atoms in total. The van der Waals surface area contributed by atoms with E-state index >= 15 is 0 Å². The number of halogens is 3. The molecule has 0 atom stereocenters. The third-order valence-electron chi connectivity index (χ3n) is 2.69. The predicted octanol–water partition coefficient (Wildman–Crippen LogP) is 3.25. The molecule has 0 aliphatic heterocycles. The first-order chi connectivity index (χ1) is 9.38. The SMILES string of the molecule is Cc1ccc(N)c(C(=O)Nc2cc(F)cc(F)c2F)c1. The fourth-order valence-corrected chi connectivity index (χ4v) is 1.70. The lowest BCUT2D eigenvalue weighted by Gasteiger charge is -2.09. The summed E-state index contributed by atoms with van der Waals surface area (Å²) in [5, 5.41) is 2.10. The van der Waals surface area contributed by atoms with E-state index in [1.165, 1.54) is 12.1 Å². The van der Waals surface area contributed by atoms with E-state index in [-0.39, 0.29) is 11.3 Å². The number of hydrogen-bond donors (Lipinski definition) is 2. The Morgan fingerprint density at radius 3 is 2.55 bits per heavy atom. The summed E-state index contributed by atoms with van der Waals surface area (Å²) in [6.07, 6.45) is 0. The van der Waals surface area contributed by atoms with Gasteiger partial charge in [0.1, 0.15) is 5.82 Å². The number of amides is 1. The Balaban J connectivity index is 2.35. The number of nitrogen functional groups attached to an aromatic ring is 1. The van der Waals surface area contributed by atoms with Crippen molar-refractivity contribution in [2.45, 2.75) is 6.92 Å². The van der Waals surface area contributed by atoms with Crippen LogP contribution >= 0.6 is 0 Å². The number of benzene rings is 2. The molecule has 0 unspecified atom stereocenters. The van der Waals surface area contributed by atoms with Gasteiger partial charge in [0.25, 0.3) is 5.91 Å². The van der Waals surface area contributed by atoms with E-state index in [2.05, 4.69) is 5.32 Å². The monoisotopic (exact) mass is 280 g/mol. The van der Waals surface area contributed by atoms with Gasteiger partial charge in [-0.2, -0.15) is 0 Å². The first-order valence-electron chi connectivity index (χ1n) is 5.70. The zero-order valence-corrected chi connectivity index (χ0v) is 10.5. The van der Waals surface area contributed by atoms with Gasteiger partial charge >= 0.3 is 0 Å². The molecule has 2 aromatic carbocycles. The number of nitrogens with two attached hydrogens (primary N) is 1. The molecule has 6 heteroatoms. The average molecular weight is 280 g/mol. The topological polar surface area (TPSA) is 55.1 Å². The fourth-order valence-electron chi connectivity index (χ4n) is 1.70. The zero-order chi connectivity index (χ0) is 14.9. The van der Waals surface area contributed by atoms with E-state index < -0.39 is 29.0 Å². The summed E-state index contributed by atoms with van der Waals surface area (Å²) in [5.41, 5.74) is 6.13. The molecule has 1 amide bonds. The highest BCUT2D eigenvalue weighted by Gasteiger charge is 2.16. The van der Waals surface area contributed by atoms with Crippen molar-refractivity contribution in [2.75, 3.05) is 11.1 Å². The van der Waals surface area contributed by atoms with Crippen LogP contribution in [0.4, 0.5) is 24.5 Å². The largest absolute Gasteiger partial charge is 0.398 e. The van der Waals surface area contributed by atoms with Crippen LogP contribution in [0.25, 0.3) is 0 Å². The van der Waals surface area contributed by atoms with Crippen molar-refractivity contribution >= 4 is 17.3 Å². The third-order valence-corrected chi connectivity index (χ3v) is 2.69. The van der Waals surface area contributed by atoms with Crippen molar-refractivity contribution in [1.29, 1.82) is 0 Å². The lowest BCUT2D eigenvalue weighted by atomic mass is 10.1. The number of nitrogens with one attached hydrogen (secondary N) is 1. The highest BCUT2D eigenvalue weighted by Crippen LogP contribution is 2.21. The molecule has 0 aromatic heterocycles. The van der Waals surface area contributed by atoms with Crippen LogP contribution in [-0.2, 0) is 0 Å². The normalized spacial score (nSPS) is 10.4. The number of carbonyl (C=O) groups is 1. The number of hydrogen-bond acceptors (Lipinski definition) is 2. The second-order valence-electron chi connectivity index (χ2n) is 4.29. The van der Waals surface area contributed by atoms with Gasteiger partial charge in [-0.25, -0.2) is 13.2 Å². The number of aryl methyl sites for hydroxylation is 1. The molecule has 104 valence electrons. The van der Waals surface area contributed by atoms with Gasteiger partial charge in [-0.15, -0.1) is 0 Å². The lowest BCUT2D eigenvalue weighted by molar-refractivity contribution is 0.102. The molecule has 0 saturated heterocycles. The minimum atomic E-state index is -1.38. The second-order valence-corrected chi connectivity index (χ2v) is 4.29. The summed E-state index contributed by atoms with van der Waals surface area (Å²) in [6.45, 7) is 1.75. The van der Waals surface area contributed by atoms with Gasteiger partial charge in [-0.1, -0.05) is 11.6 Å². The van der Waals surface area contributed by atoms with Crippen LogP contribution in [0.1, 0.15) is 15.9 Å². The Kier molecular flexibility index (Phi) is 3.65. The molecule has 0 heterocycles. The maximum absolute atomic E-state index is 13.4. The molecule has 0 radical (unpaired) electrons. The van der Waals surface area contributed by atoms with Gasteiger partial charge in [0, 0.05) is 17.8 Å². The fraction of sp³-hybridized carbons (Fsp3) is 0.0714. The van der Waals surface area contributed by atoms with E-state index in [0.29, 0.717) is 12.1 Å². The van der Waals surface area contributed by atoms with Crippen LogP contribution in [0.15, 0.2) is 30.3 Å². The molecule has 0 aliphatic carbocycles. The van der Waals surface area contributed by atoms with Crippen molar-refractivity contribution < 1.29 is 18.0 Å². The Bertz CT molecular complexity index is 686. The molecule has 20 heavy (non-hydrogen) atoms. The standard InChI is InChI=1S/C14H11F3N2O/c1-7-2-3-11(18)9(4-7)14(20)19-12-6-8(15)5-10(16)13(12)17/h2-6H,18H2,1H3,(H,19,20). The average Bonchev–Trinajstić information content (AvgIpc) is 2.38. The number of carbonyl (C=O) groups excluding carboxylic acids is 1. The van der Waals surface area contributed by atoms with Crippen molar-refractivity contribution in [2.24, 2.45) is 0 Å². The van der Waals surface area contributed by atoms with Gasteiger partial charge in [0.2, 0.25) is 0 Å². The van der Waals surface area contributed by atoms with Crippen molar-refractivity contribution in [3.63, 3.8) is 0 Å². The summed E-state index contributed by atoms with van der Waals surface area (Å²) >= 11 is 0. The molecule has 2 aromatic rings.